The molecule has 0 saturated carbocycles. The molecule has 1 aromatic carbocycles. The van der Waals surface area contributed by atoms with Crippen LogP contribution in [0.1, 0.15) is 11.1 Å². The second kappa shape index (κ2) is 5.22. The molecule has 0 fully saturated rings. The lowest BCUT2D eigenvalue weighted by atomic mass is 10.0. The van der Waals surface area contributed by atoms with Gasteiger partial charge in [0.1, 0.15) is 0 Å². The number of rotatable bonds is 1. The van der Waals surface area contributed by atoms with Gasteiger partial charge in [-0.2, -0.15) is 13.2 Å². The summed E-state index contributed by atoms with van der Waals surface area (Å²) in [5.41, 5.74) is 8.99. The first-order valence-electron chi connectivity index (χ1n) is 6.28. The van der Waals surface area contributed by atoms with E-state index in [1.165, 1.54) is 0 Å². The average molecular weight is 287 g/mol. The molecule has 1 aliphatic rings. The molecule has 110 valence electrons. The van der Waals surface area contributed by atoms with Crippen LogP contribution >= 0.6 is 0 Å². The number of nitrogen functional groups attached to an aromatic ring is 1. The highest BCUT2D eigenvalue weighted by atomic mass is 19.4. The summed E-state index contributed by atoms with van der Waals surface area (Å²) in [7, 11) is 1.73. The molecular formula is C13H16F3N3O. The van der Waals surface area contributed by atoms with Crippen molar-refractivity contribution in [1.29, 1.82) is 0 Å². The maximum absolute atomic E-state index is 12.5. The number of amides is 1. The smallest absolute Gasteiger partial charge is 0.397 e. The fraction of sp³-hybridized carbons (Fsp3) is 0.462. The van der Waals surface area contributed by atoms with E-state index in [1.54, 1.807) is 13.1 Å². The van der Waals surface area contributed by atoms with Crippen molar-refractivity contribution < 1.29 is 18.0 Å². The van der Waals surface area contributed by atoms with E-state index in [0.29, 0.717) is 18.5 Å². The molecule has 1 heterocycles. The van der Waals surface area contributed by atoms with Crippen LogP contribution in [0.15, 0.2) is 12.1 Å². The van der Waals surface area contributed by atoms with E-state index in [2.05, 4.69) is 5.32 Å². The summed E-state index contributed by atoms with van der Waals surface area (Å²) >= 11 is 0. The molecule has 0 aromatic heterocycles. The molecule has 0 aliphatic carbocycles. The Hall–Kier alpha value is -1.92. The molecular weight excluding hydrogens is 271 g/mol. The number of anilines is 2. The van der Waals surface area contributed by atoms with Gasteiger partial charge in [-0.3, -0.25) is 4.79 Å². The maximum Gasteiger partial charge on any atom is 0.471 e. The summed E-state index contributed by atoms with van der Waals surface area (Å²) in [6, 6.07) is 3.61. The van der Waals surface area contributed by atoms with Gasteiger partial charge in [-0.1, -0.05) is 0 Å². The number of hydrogen-bond acceptors (Lipinski definition) is 3. The van der Waals surface area contributed by atoms with E-state index in [9.17, 15) is 18.0 Å². The lowest BCUT2D eigenvalue weighted by Crippen LogP contribution is -2.42. The SMILES string of the molecule is CNc1cc2c(cc1N)CCN(C(=O)C(F)(F)F)CC2. The van der Waals surface area contributed by atoms with Crippen molar-refractivity contribution in [1.82, 2.24) is 4.90 Å². The number of halogens is 3. The Bertz CT molecular complexity index is 528. The third-order valence-electron chi connectivity index (χ3n) is 3.47. The average Bonchev–Trinajstić information content (AvgIpc) is 2.58. The van der Waals surface area contributed by atoms with Crippen LogP contribution in [0.5, 0.6) is 0 Å². The zero-order valence-electron chi connectivity index (χ0n) is 11.0. The lowest BCUT2D eigenvalue weighted by molar-refractivity contribution is -0.185. The van der Waals surface area contributed by atoms with Crippen LogP contribution < -0.4 is 11.1 Å². The van der Waals surface area contributed by atoms with Crippen LogP contribution in [-0.4, -0.2) is 37.1 Å². The third kappa shape index (κ3) is 2.81. The van der Waals surface area contributed by atoms with Crippen LogP contribution in [-0.2, 0) is 17.6 Å². The van der Waals surface area contributed by atoms with E-state index in [-0.39, 0.29) is 13.1 Å². The standard InChI is InChI=1S/C13H16F3N3O/c1-18-11-7-9-3-5-19(12(20)13(14,15)16)4-2-8(9)6-10(11)17/h6-7,18H,2-5,17H2,1H3. The summed E-state index contributed by atoms with van der Waals surface area (Å²) in [5, 5.41) is 2.94. The van der Waals surface area contributed by atoms with Gasteiger partial charge in [0.05, 0.1) is 11.4 Å². The highest BCUT2D eigenvalue weighted by molar-refractivity contribution is 5.82. The van der Waals surface area contributed by atoms with Gasteiger partial charge >= 0.3 is 12.1 Å². The molecule has 7 heteroatoms. The molecule has 0 bridgehead atoms. The van der Waals surface area contributed by atoms with Crippen LogP contribution in [0.4, 0.5) is 24.5 Å². The van der Waals surface area contributed by atoms with Gasteiger partial charge in [0.15, 0.2) is 0 Å². The summed E-state index contributed by atoms with van der Waals surface area (Å²) in [6.07, 6.45) is -4.04. The number of hydrogen-bond donors (Lipinski definition) is 2. The zero-order valence-corrected chi connectivity index (χ0v) is 11.0. The van der Waals surface area contributed by atoms with Crippen LogP contribution in [0.3, 0.4) is 0 Å². The largest absolute Gasteiger partial charge is 0.471 e. The number of alkyl halides is 3. The molecule has 3 N–H and O–H groups in total. The number of nitrogens with two attached hydrogens (primary N) is 1. The molecule has 20 heavy (non-hydrogen) atoms. The predicted molar refractivity (Wildman–Crippen MR) is 70.4 cm³/mol. The third-order valence-corrected chi connectivity index (χ3v) is 3.47. The minimum Gasteiger partial charge on any atom is -0.397 e. The Morgan fingerprint density at radius 2 is 1.80 bits per heavy atom. The van der Waals surface area contributed by atoms with Gasteiger partial charge in [0.2, 0.25) is 0 Å². The van der Waals surface area contributed by atoms with Gasteiger partial charge in [-0.25, -0.2) is 0 Å². The Morgan fingerprint density at radius 1 is 1.25 bits per heavy atom. The molecule has 0 unspecified atom stereocenters. The minimum absolute atomic E-state index is 0.0592. The van der Waals surface area contributed by atoms with E-state index in [0.717, 1.165) is 21.7 Å². The molecule has 0 spiro atoms. The fourth-order valence-electron chi connectivity index (χ4n) is 2.40. The molecule has 0 radical (unpaired) electrons. The van der Waals surface area contributed by atoms with Gasteiger partial charge < -0.3 is 16.0 Å². The van der Waals surface area contributed by atoms with E-state index >= 15 is 0 Å². The first-order valence-corrected chi connectivity index (χ1v) is 6.28. The minimum atomic E-state index is -4.81. The van der Waals surface area contributed by atoms with Crippen molar-refractivity contribution in [3.63, 3.8) is 0 Å². The van der Waals surface area contributed by atoms with Crippen LogP contribution in [0.2, 0.25) is 0 Å². The molecule has 0 atom stereocenters. The number of carbonyl (C=O) groups excluding carboxylic acids is 1. The highest BCUT2D eigenvalue weighted by Gasteiger charge is 2.42. The van der Waals surface area contributed by atoms with Crippen molar-refractivity contribution in [3.8, 4) is 0 Å². The molecule has 2 rings (SSSR count). The summed E-state index contributed by atoms with van der Waals surface area (Å²) in [4.78, 5) is 12.1. The molecule has 1 aliphatic heterocycles. The van der Waals surface area contributed by atoms with Crippen molar-refractivity contribution in [2.45, 2.75) is 19.0 Å². The van der Waals surface area contributed by atoms with Gasteiger partial charge in [-0.05, 0) is 36.1 Å². The Labute approximate surface area is 114 Å². The molecule has 4 nitrogen and oxygen atoms in total. The number of nitrogens with one attached hydrogen (secondary N) is 1. The molecule has 1 amide bonds. The van der Waals surface area contributed by atoms with Crippen LogP contribution in [0, 0.1) is 0 Å². The quantitative estimate of drug-likeness (QED) is 0.774. The first-order chi connectivity index (χ1) is 9.32. The number of carbonyl (C=O) groups is 1. The Kier molecular flexibility index (Phi) is 3.78. The van der Waals surface area contributed by atoms with Crippen LogP contribution in [0.25, 0.3) is 0 Å². The molecule has 1 aromatic rings. The second-order valence-corrected chi connectivity index (χ2v) is 4.75. The van der Waals surface area contributed by atoms with Gasteiger partial charge in [-0.15, -0.1) is 0 Å². The maximum atomic E-state index is 12.5. The summed E-state index contributed by atoms with van der Waals surface area (Å²) < 4.78 is 37.4. The van der Waals surface area contributed by atoms with Crippen molar-refractivity contribution in [3.05, 3.63) is 23.3 Å². The fourth-order valence-corrected chi connectivity index (χ4v) is 2.40. The highest BCUT2D eigenvalue weighted by Crippen LogP contribution is 2.27. The Morgan fingerprint density at radius 3 is 2.30 bits per heavy atom. The number of benzene rings is 1. The summed E-state index contributed by atoms with van der Waals surface area (Å²) in [6.45, 7) is 0.127. The first kappa shape index (κ1) is 14.5. The van der Waals surface area contributed by atoms with Gasteiger partial charge in [0, 0.05) is 20.1 Å². The monoisotopic (exact) mass is 287 g/mol. The predicted octanol–water partition coefficient (Wildman–Crippen LogP) is 1.80. The topological polar surface area (TPSA) is 58.4 Å². The van der Waals surface area contributed by atoms with Crippen molar-refractivity contribution in [2.75, 3.05) is 31.2 Å². The van der Waals surface area contributed by atoms with E-state index in [1.807, 2.05) is 6.07 Å². The molecule has 0 saturated heterocycles. The number of nitrogens with zero attached hydrogens (tertiary/aromatic N) is 1. The van der Waals surface area contributed by atoms with E-state index in [4.69, 9.17) is 5.73 Å². The second-order valence-electron chi connectivity index (χ2n) is 4.75. The van der Waals surface area contributed by atoms with Gasteiger partial charge in [0.25, 0.3) is 0 Å². The van der Waals surface area contributed by atoms with E-state index < -0.39 is 12.1 Å². The zero-order chi connectivity index (χ0) is 14.9. The van der Waals surface area contributed by atoms with Crippen molar-refractivity contribution in [2.24, 2.45) is 0 Å². The lowest BCUT2D eigenvalue weighted by Gasteiger charge is -2.21. The Balaban J connectivity index is 2.21. The number of fused-ring (bicyclic) bond motifs is 1. The normalized spacial score (nSPS) is 15.5. The van der Waals surface area contributed by atoms with Crippen molar-refractivity contribution >= 4 is 17.3 Å². The summed E-state index contributed by atoms with van der Waals surface area (Å²) in [5.74, 6) is -1.77.